The van der Waals surface area contributed by atoms with Crippen LogP contribution in [0.4, 0.5) is 0 Å². The third kappa shape index (κ3) is 4.55. The predicted molar refractivity (Wildman–Crippen MR) is 86.8 cm³/mol. The van der Waals surface area contributed by atoms with E-state index in [0.717, 1.165) is 39.3 Å². The highest BCUT2D eigenvalue weighted by atomic mass is 79.9. The highest BCUT2D eigenvalue weighted by molar-refractivity contribution is 9.10. The number of morpholine rings is 1. The minimum Gasteiger partial charge on any atom is -0.373 e. The molecular formula is C16H25BrN2O. The number of nitrogens with zero attached hydrogens (tertiary/aromatic N) is 1. The monoisotopic (exact) mass is 340 g/mol. The fourth-order valence-electron chi connectivity index (χ4n) is 2.59. The Labute approximate surface area is 130 Å². The summed E-state index contributed by atoms with van der Waals surface area (Å²) < 4.78 is 6.97. The van der Waals surface area contributed by atoms with Crippen molar-refractivity contribution in [2.75, 3.05) is 26.2 Å². The molecule has 1 aromatic rings. The van der Waals surface area contributed by atoms with Crippen molar-refractivity contribution in [1.29, 1.82) is 0 Å². The van der Waals surface area contributed by atoms with Crippen LogP contribution in [-0.2, 0) is 17.8 Å². The summed E-state index contributed by atoms with van der Waals surface area (Å²) in [4.78, 5) is 2.47. The smallest absolute Gasteiger partial charge is 0.0753 e. The van der Waals surface area contributed by atoms with E-state index in [9.17, 15) is 0 Å². The standard InChI is InChI=1S/C16H25BrN2O/c1-4-18-10-13-5-6-14(15(17)9-13)11-19-7-8-20-16(2,3)12-19/h5-6,9,18H,4,7-8,10-12H2,1-3H3. The first-order valence-corrected chi connectivity index (χ1v) is 8.14. The van der Waals surface area contributed by atoms with Crippen LogP contribution in [0.3, 0.4) is 0 Å². The molecule has 0 aliphatic carbocycles. The Morgan fingerprint density at radius 1 is 1.40 bits per heavy atom. The Morgan fingerprint density at radius 2 is 2.20 bits per heavy atom. The fraction of sp³-hybridized carbons (Fsp3) is 0.625. The molecule has 1 aliphatic rings. The van der Waals surface area contributed by atoms with E-state index in [4.69, 9.17) is 4.74 Å². The van der Waals surface area contributed by atoms with E-state index in [1.165, 1.54) is 15.6 Å². The van der Waals surface area contributed by atoms with Gasteiger partial charge in [-0.2, -0.15) is 0 Å². The van der Waals surface area contributed by atoms with Crippen LogP contribution >= 0.6 is 15.9 Å². The zero-order valence-corrected chi connectivity index (χ0v) is 14.3. The summed E-state index contributed by atoms with van der Waals surface area (Å²) in [7, 11) is 0. The van der Waals surface area contributed by atoms with Crippen molar-refractivity contribution in [3.05, 3.63) is 33.8 Å². The second-order valence-corrected chi connectivity index (χ2v) is 6.88. The van der Waals surface area contributed by atoms with Gasteiger partial charge in [-0.25, -0.2) is 0 Å². The summed E-state index contributed by atoms with van der Waals surface area (Å²) >= 11 is 3.71. The zero-order chi connectivity index (χ0) is 14.6. The van der Waals surface area contributed by atoms with Crippen LogP contribution in [0.1, 0.15) is 31.9 Å². The Bertz CT molecular complexity index is 448. The Kier molecular flexibility index (Phi) is 5.61. The Morgan fingerprint density at radius 3 is 2.85 bits per heavy atom. The Hall–Kier alpha value is -0.420. The van der Waals surface area contributed by atoms with Crippen LogP contribution in [0.15, 0.2) is 22.7 Å². The van der Waals surface area contributed by atoms with Gasteiger partial charge in [0.25, 0.3) is 0 Å². The number of hydrogen-bond acceptors (Lipinski definition) is 3. The SMILES string of the molecule is CCNCc1ccc(CN2CCOC(C)(C)C2)c(Br)c1. The second kappa shape index (κ2) is 7.03. The topological polar surface area (TPSA) is 24.5 Å². The van der Waals surface area contributed by atoms with Gasteiger partial charge in [0.05, 0.1) is 12.2 Å². The molecule has 0 aromatic heterocycles. The maximum Gasteiger partial charge on any atom is 0.0753 e. The van der Waals surface area contributed by atoms with Gasteiger partial charge in [-0.05, 0) is 37.6 Å². The normalized spacial score (nSPS) is 19.2. The van der Waals surface area contributed by atoms with Gasteiger partial charge >= 0.3 is 0 Å². The van der Waals surface area contributed by atoms with Crippen LogP contribution in [-0.4, -0.2) is 36.7 Å². The molecule has 0 amide bonds. The van der Waals surface area contributed by atoms with Crippen LogP contribution < -0.4 is 5.32 Å². The molecule has 4 heteroatoms. The molecule has 20 heavy (non-hydrogen) atoms. The molecule has 0 radical (unpaired) electrons. The van der Waals surface area contributed by atoms with E-state index in [-0.39, 0.29) is 5.60 Å². The van der Waals surface area contributed by atoms with Crippen molar-refractivity contribution < 1.29 is 4.74 Å². The highest BCUT2D eigenvalue weighted by Gasteiger charge is 2.27. The van der Waals surface area contributed by atoms with Crippen molar-refractivity contribution in [3.8, 4) is 0 Å². The molecule has 1 N–H and O–H groups in total. The molecule has 1 heterocycles. The van der Waals surface area contributed by atoms with Gasteiger partial charge in [-0.3, -0.25) is 4.90 Å². The molecule has 112 valence electrons. The summed E-state index contributed by atoms with van der Waals surface area (Å²) in [6.07, 6.45) is 0. The maximum absolute atomic E-state index is 5.77. The van der Waals surface area contributed by atoms with Gasteiger partial charge < -0.3 is 10.1 Å². The average Bonchev–Trinajstić information content (AvgIpc) is 2.38. The van der Waals surface area contributed by atoms with Gasteiger partial charge in [0.15, 0.2) is 0 Å². The average molecular weight is 341 g/mol. The van der Waals surface area contributed by atoms with Crippen LogP contribution in [0.2, 0.25) is 0 Å². The third-order valence-electron chi connectivity index (χ3n) is 3.60. The molecule has 1 aromatic carbocycles. The third-order valence-corrected chi connectivity index (χ3v) is 4.33. The van der Waals surface area contributed by atoms with Crippen molar-refractivity contribution in [3.63, 3.8) is 0 Å². The number of halogens is 1. The van der Waals surface area contributed by atoms with E-state index in [1.807, 2.05) is 0 Å². The van der Waals surface area contributed by atoms with Gasteiger partial charge in [0, 0.05) is 30.7 Å². The minimum atomic E-state index is -0.0320. The molecule has 0 bridgehead atoms. The van der Waals surface area contributed by atoms with Gasteiger partial charge in [-0.15, -0.1) is 0 Å². The summed E-state index contributed by atoms with van der Waals surface area (Å²) in [5, 5.41) is 3.36. The van der Waals surface area contributed by atoms with Crippen molar-refractivity contribution in [1.82, 2.24) is 10.2 Å². The molecule has 3 nitrogen and oxygen atoms in total. The maximum atomic E-state index is 5.77. The first-order valence-electron chi connectivity index (χ1n) is 7.34. The molecular weight excluding hydrogens is 316 g/mol. The van der Waals surface area contributed by atoms with Crippen LogP contribution in [0, 0.1) is 0 Å². The van der Waals surface area contributed by atoms with Crippen molar-refractivity contribution in [2.24, 2.45) is 0 Å². The molecule has 1 aliphatic heterocycles. The van der Waals surface area contributed by atoms with Crippen LogP contribution in [0.25, 0.3) is 0 Å². The van der Waals surface area contributed by atoms with E-state index in [0.29, 0.717) is 0 Å². The molecule has 0 spiro atoms. The number of ether oxygens (including phenoxy) is 1. The molecule has 0 unspecified atom stereocenters. The molecule has 1 saturated heterocycles. The van der Waals surface area contributed by atoms with E-state index in [2.05, 4.69) is 65.1 Å². The van der Waals surface area contributed by atoms with Crippen molar-refractivity contribution in [2.45, 2.75) is 39.5 Å². The number of benzene rings is 1. The summed E-state index contributed by atoms with van der Waals surface area (Å²) in [5.74, 6) is 0. The molecule has 1 fully saturated rings. The lowest BCUT2D eigenvalue weighted by Crippen LogP contribution is -2.47. The van der Waals surface area contributed by atoms with E-state index in [1.54, 1.807) is 0 Å². The molecule has 2 rings (SSSR count). The van der Waals surface area contributed by atoms with Crippen LogP contribution in [0.5, 0.6) is 0 Å². The lowest BCUT2D eigenvalue weighted by atomic mass is 10.1. The molecule has 0 saturated carbocycles. The predicted octanol–water partition coefficient (Wildman–Crippen LogP) is 3.17. The first kappa shape index (κ1) is 16.0. The highest BCUT2D eigenvalue weighted by Crippen LogP contribution is 2.23. The van der Waals surface area contributed by atoms with E-state index < -0.39 is 0 Å². The minimum absolute atomic E-state index is 0.0320. The van der Waals surface area contributed by atoms with Gasteiger partial charge in [0.1, 0.15) is 0 Å². The lowest BCUT2D eigenvalue weighted by Gasteiger charge is -2.38. The molecule has 0 atom stereocenters. The number of rotatable bonds is 5. The number of hydrogen-bond donors (Lipinski definition) is 1. The van der Waals surface area contributed by atoms with Crippen molar-refractivity contribution >= 4 is 15.9 Å². The Balaban J connectivity index is 1.99. The first-order chi connectivity index (χ1) is 9.50. The second-order valence-electron chi connectivity index (χ2n) is 6.02. The van der Waals surface area contributed by atoms with E-state index >= 15 is 0 Å². The number of nitrogens with one attached hydrogen (secondary N) is 1. The quantitative estimate of drug-likeness (QED) is 0.890. The largest absolute Gasteiger partial charge is 0.373 e. The fourth-order valence-corrected chi connectivity index (χ4v) is 3.14. The summed E-state index contributed by atoms with van der Waals surface area (Å²) in [6, 6.07) is 6.68. The summed E-state index contributed by atoms with van der Waals surface area (Å²) in [5.41, 5.74) is 2.64. The lowest BCUT2D eigenvalue weighted by molar-refractivity contribution is -0.0883. The summed E-state index contributed by atoms with van der Waals surface area (Å²) in [6.45, 7) is 12.2. The zero-order valence-electron chi connectivity index (χ0n) is 12.7. The van der Waals surface area contributed by atoms with Gasteiger partial charge in [0.2, 0.25) is 0 Å². The van der Waals surface area contributed by atoms with Gasteiger partial charge in [-0.1, -0.05) is 35.0 Å².